The molecule has 17 heavy (non-hydrogen) atoms. The summed E-state index contributed by atoms with van der Waals surface area (Å²) < 4.78 is 18.4. The average Bonchev–Trinajstić information content (AvgIpc) is 2.32. The summed E-state index contributed by atoms with van der Waals surface area (Å²) in [6, 6.07) is 5.04. The molecule has 0 radical (unpaired) electrons. The first-order valence-electron chi connectivity index (χ1n) is 5.70. The minimum Gasteiger partial charge on any atom is -0.469 e. The maximum atomic E-state index is 13.8. The van der Waals surface area contributed by atoms with Crippen molar-refractivity contribution < 1.29 is 13.9 Å². The van der Waals surface area contributed by atoms with Gasteiger partial charge in [0.1, 0.15) is 5.82 Å². The lowest BCUT2D eigenvalue weighted by atomic mass is 9.87. The molecule has 1 aliphatic heterocycles. The molecule has 1 unspecified atom stereocenters. The van der Waals surface area contributed by atoms with E-state index < -0.39 is 0 Å². The predicted molar refractivity (Wildman–Crippen MR) is 63.7 cm³/mol. The van der Waals surface area contributed by atoms with E-state index in [2.05, 4.69) is 4.74 Å². The van der Waals surface area contributed by atoms with Gasteiger partial charge in [-0.3, -0.25) is 4.79 Å². The van der Waals surface area contributed by atoms with Gasteiger partial charge in [-0.2, -0.15) is 0 Å². The SMILES string of the molecule is COC(=O)CC1CCN(C)c2c(F)cccc21. The molecule has 0 saturated heterocycles. The molecule has 0 spiro atoms. The van der Waals surface area contributed by atoms with Crippen LogP contribution in [0.4, 0.5) is 10.1 Å². The number of fused-ring (bicyclic) bond motifs is 1. The van der Waals surface area contributed by atoms with Crippen LogP contribution in [0.5, 0.6) is 0 Å². The van der Waals surface area contributed by atoms with Crippen LogP contribution < -0.4 is 4.90 Å². The number of anilines is 1. The third kappa shape index (κ3) is 2.25. The van der Waals surface area contributed by atoms with Crippen molar-refractivity contribution >= 4 is 11.7 Å². The summed E-state index contributed by atoms with van der Waals surface area (Å²) in [5, 5.41) is 0. The van der Waals surface area contributed by atoms with Crippen LogP contribution in [-0.4, -0.2) is 26.7 Å². The smallest absolute Gasteiger partial charge is 0.306 e. The molecule has 1 aromatic rings. The third-order valence-corrected chi connectivity index (χ3v) is 3.29. The first kappa shape index (κ1) is 11.9. The van der Waals surface area contributed by atoms with Gasteiger partial charge >= 0.3 is 5.97 Å². The first-order chi connectivity index (χ1) is 8.13. The topological polar surface area (TPSA) is 29.5 Å². The molecular formula is C13H16FNO2. The predicted octanol–water partition coefficient (Wildman–Crippen LogP) is 2.31. The molecule has 0 bridgehead atoms. The van der Waals surface area contributed by atoms with Gasteiger partial charge in [-0.1, -0.05) is 12.1 Å². The van der Waals surface area contributed by atoms with E-state index in [1.165, 1.54) is 13.2 Å². The summed E-state index contributed by atoms with van der Waals surface area (Å²) >= 11 is 0. The molecule has 1 heterocycles. The molecule has 0 aromatic heterocycles. The molecule has 0 aliphatic carbocycles. The van der Waals surface area contributed by atoms with Gasteiger partial charge in [0.05, 0.1) is 19.2 Å². The Kier molecular flexibility index (Phi) is 3.31. The average molecular weight is 237 g/mol. The van der Waals surface area contributed by atoms with Crippen molar-refractivity contribution in [3.63, 3.8) is 0 Å². The number of esters is 1. The first-order valence-corrected chi connectivity index (χ1v) is 5.70. The van der Waals surface area contributed by atoms with Gasteiger partial charge in [-0.25, -0.2) is 4.39 Å². The Bertz CT molecular complexity index is 433. The Morgan fingerprint density at radius 3 is 3.06 bits per heavy atom. The second-order valence-corrected chi connectivity index (χ2v) is 4.37. The summed E-state index contributed by atoms with van der Waals surface area (Å²) in [5.74, 6) is -0.404. The molecule has 2 rings (SSSR count). The van der Waals surface area contributed by atoms with E-state index in [1.807, 2.05) is 18.0 Å². The second-order valence-electron chi connectivity index (χ2n) is 4.37. The number of rotatable bonds is 2. The zero-order valence-corrected chi connectivity index (χ0v) is 10.1. The molecule has 1 aliphatic rings. The summed E-state index contributed by atoms with van der Waals surface area (Å²) in [5.41, 5.74) is 1.52. The molecule has 0 amide bonds. The Morgan fingerprint density at radius 1 is 1.59 bits per heavy atom. The number of ether oxygens (including phenoxy) is 1. The van der Waals surface area contributed by atoms with Gasteiger partial charge in [0.2, 0.25) is 0 Å². The highest BCUT2D eigenvalue weighted by Crippen LogP contribution is 2.38. The molecule has 0 saturated carbocycles. The highest BCUT2D eigenvalue weighted by Gasteiger charge is 2.27. The van der Waals surface area contributed by atoms with Gasteiger partial charge in [-0.15, -0.1) is 0 Å². The van der Waals surface area contributed by atoms with Crippen molar-refractivity contribution in [2.45, 2.75) is 18.8 Å². The second kappa shape index (κ2) is 4.73. The summed E-state index contributed by atoms with van der Waals surface area (Å²) in [6.45, 7) is 0.760. The Hall–Kier alpha value is -1.58. The Labute approximate surface area is 100 Å². The highest BCUT2D eigenvalue weighted by atomic mass is 19.1. The molecule has 4 heteroatoms. The number of carbonyl (C=O) groups is 1. The van der Waals surface area contributed by atoms with Crippen LogP contribution in [0.15, 0.2) is 18.2 Å². The molecule has 1 atom stereocenters. The normalized spacial score (nSPS) is 18.8. The molecule has 92 valence electrons. The van der Waals surface area contributed by atoms with Crippen LogP contribution in [0.3, 0.4) is 0 Å². The number of hydrogen-bond donors (Lipinski definition) is 0. The van der Waals surface area contributed by atoms with E-state index in [0.29, 0.717) is 12.1 Å². The van der Waals surface area contributed by atoms with Crippen LogP contribution >= 0.6 is 0 Å². The van der Waals surface area contributed by atoms with Crippen LogP contribution in [-0.2, 0) is 9.53 Å². The van der Waals surface area contributed by atoms with Crippen molar-refractivity contribution in [1.29, 1.82) is 0 Å². The zero-order chi connectivity index (χ0) is 12.4. The number of nitrogens with zero attached hydrogens (tertiary/aromatic N) is 1. The maximum absolute atomic E-state index is 13.8. The Balaban J connectivity index is 2.33. The van der Waals surface area contributed by atoms with Gasteiger partial charge in [-0.05, 0) is 24.0 Å². The zero-order valence-electron chi connectivity index (χ0n) is 10.1. The van der Waals surface area contributed by atoms with Crippen molar-refractivity contribution in [1.82, 2.24) is 0 Å². The molecule has 0 fully saturated rings. The number of halogens is 1. The van der Waals surface area contributed by atoms with Gasteiger partial charge in [0.15, 0.2) is 0 Å². The van der Waals surface area contributed by atoms with Gasteiger partial charge < -0.3 is 9.64 Å². The quantitative estimate of drug-likeness (QED) is 0.739. The van der Waals surface area contributed by atoms with Crippen molar-refractivity contribution in [3.05, 3.63) is 29.6 Å². The van der Waals surface area contributed by atoms with Gasteiger partial charge in [0.25, 0.3) is 0 Å². The minimum atomic E-state index is -0.241. The lowest BCUT2D eigenvalue weighted by Crippen LogP contribution is -2.29. The number of para-hydroxylation sites is 1. The molecule has 0 N–H and O–H groups in total. The summed E-state index contributed by atoms with van der Waals surface area (Å²) in [4.78, 5) is 13.2. The van der Waals surface area contributed by atoms with Crippen LogP contribution in [0, 0.1) is 5.82 Å². The third-order valence-electron chi connectivity index (χ3n) is 3.29. The van der Waals surface area contributed by atoms with E-state index in [-0.39, 0.29) is 17.7 Å². The standard InChI is InChI=1S/C13H16FNO2/c1-15-7-6-9(8-12(16)17-2)10-4-3-5-11(14)13(10)15/h3-5,9H,6-8H2,1-2H3. The fraction of sp³-hybridized carbons (Fsp3) is 0.462. The number of carbonyl (C=O) groups excluding carboxylic acids is 1. The van der Waals surface area contributed by atoms with E-state index in [1.54, 1.807) is 6.07 Å². The molecular weight excluding hydrogens is 221 g/mol. The maximum Gasteiger partial charge on any atom is 0.306 e. The Morgan fingerprint density at radius 2 is 2.35 bits per heavy atom. The number of hydrogen-bond acceptors (Lipinski definition) is 3. The van der Waals surface area contributed by atoms with E-state index in [0.717, 1.165) is 18.5 Å². The lowest BCUT2D eigenvalue weighted by molar-refractivity contribution is -0.141. The fourth-order valence-electron chi connectivity index (χ4n) is 2.38. The van der Waals surface area contributed by atoms with Crippen molar-refractivity contribution in [2.75, 3.05) is 25.6 Å². The fourth-order valence-corrected chi connectivity index (χ4v) is 2.38. The van der Waals surface area contributed by atoms with Crippen LogP contribution in [0.25, 0.3) is 0 Å². The van der Waals surface area contributed by atoms with Crippen molar-refractivity contribution in [2.24, 2.45) is 0 Å². The van der Waals surface area contributed by atoms with E-state index in [4.69, 9.17) is 0 Å². The minimum absolute atomic E-state index is 0.0596. The van der Waals surface area contributed by atoms with E-state index >= 15 is 0 Å². The largest absolute Gasteiger partial charge is 0.469 e. The monoisotopic (exact) mass is 237 g/mol. The van der Waals surface area contributed by atoms with E-state index in [9.17, 15) is 9.18 Å². The lowest BCUT2D eigenvalue weighted by Gasteiger charge is -2.32. The number of methoxy groups -OCH3 is 1. The molecule has 3 nitrogen and oxygen atoms in total. The molecule has 1 aromatic carbocycles. The van der Waals surface area contributed by atoms with Crippen LogP contribution in [0.2, 0.25) is 0 Å². The summed E-state index contributed by atoms with van der Waals surface area (Å²) in [7, 11) is 3.25. The summed E-state index contributed by atoms with van der Waals surface area (Å²) in [6.07, 6.45) is 1.17. The highest BCUT2D eigenvalue weighted by molar-refractivity contribution is 5.71. The van der Waals surface area contributed by atoms with Gasteiger partial charge in [0, 0.05) is 13.6 Å². The van der Waals surface area contributed by atoms with Crippen molar-refractivity contribution in [3.8, 4) is 0 Å². The van der Waals surface area contributed by atoms with Crippen LogP contribution in [0.1, 0.15) is 24.3 Å². The number of benzene rings is 1.